The second kappa shape index (κ2) is 12.5. The molecule has 2 aliphatic rings. The number of hydrogen-bond acceptors (Lipinski definition) is 9. The Morgan fingerprint density at radius 2 is 1.93 bits per heavy atom. The Bertz CT molecular complexity index is 1610. The molecule has 2 amide bonds. The zero-order chi connectivity index (χ0) is 30.7. The van der Waals surface area contributed by atoms with E-state index in [1.54, 1.807) is 31.3 Å². The van der Waals surface area contributed by atoms with E-state index in [4.69, 9.17) is 0 Å². The van der Waals surface area contributed by atoms with Gasteiger partial charge in [0.05, 0.1) is 21.9 Å². The number of aromatic carboxylic acids is 1. The first-order valence-electron chi connectivity index (χ1n) is 13.4. The smallest absolute Gasteiger partial charge is 0.433 e. The van der Waals surface area contributed by atoms with Crippen molar-refractivity contribution in [3.63, 3.8) is 0 Å². The van der Waals surface area contributed by atoms with E-state index >= 15 is 0 Å². The van der Waals surface area contributed by atoms with E-state index in [1.807, 2.05) is 4.90 Å². The highest BCUT2D eigenvalue weighted by atomic mass is 32.2. The van der Waals surface area contributed by atoms with Crippen LogP contribution in [0.5, 0.6) is 0 Å². The molecule has 14 heteroatoms. The first-order chi connectivity index (χ1) is 20.5. The predicted octanol–water partition coefficient (Wildman–Crippen LogP) is 4.89. The number of carbonyl (C=O) groups excluding carboxylic acids is 2. The number of halogens is 3. The van der Waals surface area contributed by atoms with Crippen LogP contribution < -0.4 is 15.5 Å². The summed E-state index contributed by atoms with van der Waals surface area (Å²) < 4.78 is 41.1. The summed E-state index contributed by atoms with van der Waals surface area (Å²) in [6.07, 6.45) is 0.0452. The highest BCUT2D eigenvalue weighted by Crippen LogP contribution is 2.32. The van der Waals surface area contributed by atoms with E-state index in [9.17, 15) is 32.7 Å². The van der Waals surface area contributed by atoms with Crippen LogP contribution in [0.3, 0.4) is 0 Å². The Morgan fingerprint density at radius 3 is 2.60 bits per heavy atom. The maximum absolute atomic E-state index is 13.7. The van der Waals surface area contributed by atoms with Gasteiger partial charge in [-0.05, 0) is 86.0 Å². The summed E-state index contributed by atoms with van der Waals surface area (Å²) in [5.74, 6) is -0.923. The van der Waals surface area contributed by atoms with Crippen LogP contribution in [0, 0.1) is 12.8 Å². The number of alkyl halides is 3. The number of hydrogen-bond donors (Lipinski definition) is 3. The SMILES string of the molecule is Cc1ccc(C(=O)O)c(-c2cc(CNCC3CCN(c4nccc(/C=C5\SC(=O)NC5=O)n4)CC3)cc(C(F)(F)F)n2)c1. The fourth-order valence-corrected chi connectivity index (χ4v) is 5.60. The summed E-state index contributed by atoms with van der Waals surface area (Å²) in [5, 5.41) is 14.6. The van der Waals surface area contributed by atoms with E-state index < -0.39 is 29.0 Å². The van der Waals surface area contributed by atoms with Crippen molar-refractivity contribution in [2.24, 2.45) is 5.92 Å². The Morgan fingerprint density at radius 1 is 1.16 bits per heavy atom. The molecular formula is C29H27F3N6O4S. The van der Waals surface area contributed by atoms with Gasteiger partial charge in [-0.2, -0.15) is 13.2 Å². The molecule has 1 aromatic carbocycles. The van der Waals surface area contributed by atoms with Gasteiger partial charge in [-0.25, -0.2) is 19.7 Å². The zero-order valence-electron chi connectivity index (χ0n) is 22.9. The second-order valence-corrected chi connectivity index (χ2v) is 11.3. The minimum absolute atomic E-state index is 0.0438. The van der Waals surface area contributed by atoms with Crippen molar-refractivity contribution in [3.05, 3.63) is 75.6 Å². The van der Waals surface area contributed by atoms with Crippen molar-refractivity contribution in [1.82, 2.24) is 25.6 Å². The lowest BCUT2D eigenvalue weighted by molar-refractivity contribution is -0.141. The molecule has 0 spiro atoms. The molecule has 0 aliphatic carbocycles. The second-order valence-electron chi connectivity index (χ2n) is 10.3. The normalized spacial score (nSPS) is 17.0. The molecule has 3 aromatic rings. The molecule has 224 valence electrons. The predicted molar refractivity (Wildman–Crippen MR) is 154 cm³/mol. The van der Waals surface area contributed by atoms with Crippen LogP contribution in [0.2, 0.25) is 0 Å². The number of aryl methyl sites for hydroxylation is 1. The minimum atomic E-state index is -4.69. The van der Waals surface area contributed by atoms with Gasteiger partial charge in [0.1, 0.15) is 5.69 Å². The number of nitrogens with zero attached hydrogens (tertiary/aromatic N) is 4. The molecule has 2 aliphatic heterocycles. The number of aromatic nitrogens is 3. The monoisotopic (exact) mass is 612 g/mol. The Labute approximate surface area is 248 Å². The van der Waals surface area contributed by atoms with Crippen molar-refractivity contribution in [3.8, 4) is 11.3 Å². The molecule has 4 heterocycles. The molecule has 0 radical (unpaired) electrons. The van der Waals surface area contributed by atoms with Crippen molar-refractivity contribution >= 4 is 40.9 Å². The molecule has 2 fully saturated rings. The first kappa shape index (κ1) is 30.2. The quantitative estimate of drug-likeness (QED) is 0.302. The van der Waals surface area contributed by atoms with E-state index in [2.05, 4.69) is 25.6 Å². The summed E-state index contributed by atoms with van der Waals surface area (Å²) in [7, 11) is 0. The van der Waals surface area contributed by atoms with Crippen LogP contribution in [-0.2, 0) is 17.5 Å². The molecule has 10 nitrogen and oxygen atoms in total. The molecule has 2 saturated heterocycles. The number of imide groups is 1. The molecule has 0 bridgehead atoms. The van der Waals surface area contributed by atoms with Gasteiger partial charge < -0.3 is 15.3 Å². The third kappa shape index (κ3) is 7.38. The summed E-state index contributed by atoms with van der Waals surface area (Å²) in [6.45, 7) is 3.80. The lowest BCUT2D eigenvalue weighted by Crippen LogP contribution is -2.38. The highest BCUT2D eigenvalue weighted by Gasteiger charge is 2.34. The third-order valence-electron chi connectivity index (χ3n) is 7.10. The number of thioether (sulfide) groups is 1. The highest BCUT2D eigenvalue weighted by molar-refractivity contribution is 8.18. The number of benzene rings is 1. The van der Waals surface area contributed by atoms with Gasteiger partial charge in [0.2, 0.25) is 5.95 Å². The van der Waals surface area contributed by atoms with E-state index in [1.165, 1.54) is 18.2 Å². The number of carboxylic acid groups (broad SMARTS) is 1. The molecular weight excluding hydrogens is 585 g/mol. The van der Waals surface area contributed by atoms with E-state index in [0.717, 1.165) is 30.7 Å². The Hall–Kier alpha value is -4.30. The van der Waals surface area contributed by atoms with E-state index in [-0.39, 0.29) is 34.2 Å². The van der Waals surface area contributed by atoms with Crippen LogP contribution in [0.1, 0.15) is 45.7 Å². The van der Waals surface area contributed by atoms with Crippen LogP contribution in [0.15, 0.2) is 47.5 Å². The fourth-order valence-electron chi connectivity index (χ4n) is 4.94. The lowest BCUT2D eigenvalue weighted by atomic mass is 9.96. The number of pyridine rings is 1. The Kier molecular flexibility index (Phi) is 8.78. The standard InChI is InChI=1S/C29H27F3N6O4S/c1-16-2-3-20(26(40)41)21(10-16)22-11-18(12-24(36-22)29(30,31)32)15-33-14-17-5-8-38(9-6-17)27-34-7-4-19(35-27)13-23-25(39)37-28(42)43-23/h2-4,7,10-13,17,33H,5-6,8-9,14-15H2,1H3,(H,40,41)(H,37,39,42)/b23-13-. The topological polar surface area (TPSA) is 137 Å². The molecule has 5 rings (SSSR count). The number of piperidine rings is 1. The van der Waals surface area contributed by atoms with Gasteiger partial charge in [0.15, 0.2) is 0 Å². The van der Waals surface area contributed by atoms with Crippen molar-refractivity contribution in [2.75, 3.05) is 24.5 Å². The number of carboxylic acids is 1. The zero-order valence-corrected chi connectivity index (χ0v) is 23.8. The third-order valence-corrected chi connectivity index (χ3v) is 7.91. The van der Waals surface area contributed by atoms with Crippen molar-refractivity contribution in [1.29, 1.82) is 0 Å². The number of rotatable bonds is 8. The largest absolute Gasteiger partial charge is 0.478 e. The molecule has 3 N–H and O–H groups in total. The number of amides is 2. The van der Waals surface area contributed by atoms with Gasteiger partial charge in [0, 0.05) is 31.4 Å². The minimum Gasteiger partial charge on any atom is -0.478 e. The number of anilines is 1. The summed E-state index contributed by atoms with van der Waals surface area (Å²) in [6, 6.07) is 8.62. The van der Waals surface area contributed by atoms with Gasteiger partial charge in [-0.3, -0.25) is 14.9 Å². The molecule has 2 aromatic heterocycles. The molecule has 0 saturated carbocycles. The number of carbonyl (C=O) groups is 3. The number of nitrogens with one attached hydrogen (secondary N) is 2. The molecule has 0 atom stereocenters. The molecule has 43 heavy (non-hydrogen) atoms. The van der Waals surface area contributed by atoms with Crippen LogP contribution >= 0.6 is 11.8 Å². The maximum Gasteiger partial charge on any atom is 0.433 e. The van der Waals surface area contributed by atoms with Gasteiger partial charge in [-0.15, -0.1) is 0 Å². The van der Waals surface area contributed by atoms with Gasteiger partial charge >= 0.3 is 12.1 Å². The first-order valence-corrected chi connectivity index (χ1v) is 14.2. The lowest BCUT2D eigenvalue weighted by Gasteiger charge is -2.32. The van der Waals surface area contributed by atoms with Crippen LogP contribution in [-0.4, -0.2) is 56.8 Å². The summed E-state index contributed by atoms with van der Waals surface area (Å²) in [4.78, 5) is 49.9. The van der Waals surface area contributed by atoms with Crippen molar-refractivity contribution in [2.45, 2.75) is 32.5 Å². The maximum atomic E-state index is 13.7. The average molecular weight is 613 g/mol. The molecule has 0 unspecified atom stereocenters. The van der Waals surface area contributed by atoms with Gasteiger partial charge in [-0.1, -0.05) is 11.6 Å². The summed E-state index contributed by atoms with van der Waals surface area (Å²) in [5.41, 5.74) is 0.457. The van der Waals surface area contributed by atoms with E-state index in [0.29, 0.717) is 42.4 Å². The van der Waals surface area contributed by atoms with Crippen LogP contribution in [0.4, 0.5) is 23.9 Å². The Balaban J connectivity index is 1.21. The summed E-state index contributed by atoms with van der Waals surface area (Å²) >= 11 is 0.818. The average Bonchev–Trinajstić information content (AvgIpc) is 3.28. The van der Waals surface area contributed by atoms with Crippen LogP contribution in [0.25, 0.3) is 17.3 Å². The van der Waals surface area contributed by atoms with Crippen molar-refractivity contribution < 1.29 is 32.7 Å². The van der Waals surface area contributed by atoms with Gasteiger partial charge in [0.25, 0.3) is 11.1 Å². The fraction of sp³-hybridized carbons (Fsp3) is 0.310.